The van der Waals surface area contributed by atoms with Crippen molar-refractivity contribution in [3.05, 3.63) is 59.7 Å². The molecule has 90 valence electrons. The molecule has 3 rings (SSSR count). The van der Waals surface area contributed by atoms with E-state index in [9.17, 15) is 8.78 Å². The van der Waals surface area contributed by atoms with E-state index >= 15 is 0 Å². The number of pyridine rings is 2. The minimum absolute atomic E-state index is 0.352. The topological polar surface area (TPSA) is 41.6 Å². The Morgan fingerprint density at radius 3 is 2.83 bits per heavy atom. The average Bonchev–Trinajstić information content (AvgIpc) is 2.76. The predicted octanol–water partition coefficient (Wildman–Crippen LogP) is 2.83. The number of nitrogens with one attached hydrogen (secondary N) is 1. The second kappa shape index (κ2) is 4.18. The normalized spacial score (nSPS) is 11.0. The van der Waals surface area contributed by atoms with Crippen LogP contribution in [-0.4, -0.2) is 15.0 Å². The molecule has 0 aliphatic rings. The molecule has 0 atom stereocenters. The lowest BCUT2D eigenvalue weighted by Gasteiger charge is -2.01. The van der Waals surface area contributed by atoms with Crippen molar-refractivity contribution in [1.29, 1.82) is 0 Å². The molecule has 0 saturated carbocycles. The molecule has 1 N–H and O–H groups in total. The number of hydrogen-bond acceptors (Lipinski definition) is 2. The summed E-state index contributed by atoms with van der Waals surface area (Å²) in [5, 5.41) is 0.932. The Morgan fingerprint density at radius 2 is 2.00 bits per heavy atom. The Kier molecular flexibility index (Phi) is 2.51. The van der Waals surface area contributed by atoms with Crippen molar-refractivity contribution in [2.75, 3.05) is 0 Å². The Hall–Kier alpha value is -2.30. The van der Waals surface area contributed by atoms with Crippen LogP contribution < -0.4 is 0 Å². The first kappa shape index (κ1) is 10.8. The minimum Gasteiger partial charge on any atom is -0.346 e. The van der Waals surface area contributed by atoms with Crippen LogP contribution in [0.1, 0.15) is 11.1 Å². The molecule has 18 heavy (non-hydrogen) atoms. The van der Waals surface area contributed by atoms with Gasteiger partial charge in [-0.3, -0.25) is 0 Å². The third-order valence-corrected chi connectivity index (χ3v) is 2.81. The molecule has 3 heterocycles. The molecule has 0 aliphatic heterocycles. The lowest BCUT2D eigenvalue weighted by atomic mass is 10.1. The van der Waals surface area contributed by atoms with Crippen molar-refractivity contribution in [1.82, 2.24) is 15.0 Å². The number of nitrogens with zero attached hydrogens (tertiary/aromatic N) is 2. The molecule has 3 aromatic heterocycles. The highest BCUT2D eigenvalue weighted by Crippen LogP contribution is 2.20. The van der Waals surface area contributed by atoms with Crippen LogP contribution in [0.5, 0.6) is 0 Å². The average molecular weight is 245 g/mol. The summed E-state index contributed by atoms with van der Waals surface area (Å²) in [4.78, 5) is 10.3. The first-order chi connectivity index (χ1) is 8.74. The first-order valence-corrected chi connectivity index (χ1v) is 5.46. The highest BCUT2D eigenvalue weighted by Gasteiger charge is 2.09. The maximum Gasteiger partial charge on any atom is 0.219 e. The van der Waals surface area contributed by atoms with Gasteiger partial charge in [0, 0.05) is 29.8 Å². The molecule has 0 spiro atoms. The number of fused-ring (bicyclic) bond motifs is 1. The third kappa shape index (κ3) is 1.84. The van der Waals surface area contributed by atoms with Crippen LogP contribution >= 0.6 is 0 Å². The Balaban J connectivity index is 2.01. The van der Waals surface area contributed by atoms with Crippen LogP contribution in [0, 0.1) is 11.9 Å². The van der Waals surface area contributed by atoms with Gasteiger partial charge in [0.1, 0.15) is 5.65 Å². The summed E-state index contributed by atoms with van der Waals surface area (Å²) in [6.07, 6.45) is 3.81. The van der Waals surface area contributed by atoms with Gasteiger partial charge in [0.05, 0.1) is 0 Å². The molecule has 0 radical (unpaired) electrons. The summed E-state index contributed by atoms with van der Waals surface area (Å²) in [5.74, 6) is -1.58. The SMILES string of the molecule is Fc1ccc(Cc2c[nH]c3ncccc23)c(F)n1. The fraction of sp³-hybridized carbons (Fsp3) is 0.0769. The van der Waals surface area contributed by atoms with E-state index in [0.717, 1.165) is 22.7 Å². The zero-order chi connectivity index (χ0) is 12.5. The van der Waals surface area contributed by atoms with Crippen molar-refractivity contribution < 1.29 is 8.78 Å². The van der Waals surface area contributed by atoms with Gasteiger partial charge in [-0.15, -0.1) is 0 Å². The van der Waals surface area contributed by atoms with Gasteiger partial charge in [0.25, 0.3) is 0 Å². The van der Waals surface area contributed by atoms with Gasteiger partial charge in [-0.1, -0.05) is 0 Å². The summed E-state index contributed by atoms with van der Waals surface area (Å²) in [6, 6.07) is 6.29. The molecule has 3 nitrogen and oxygen atoms in total. The highest BCUT2D eigenvalue weighted by atomic mass is 19.1. The molecule has 0 aromatic carbocycles. The lowest BCUT2D eigenvalue weighted by molar-refractivity contribution is 0.505. The fourth-order valence-electron chi connectivity index (χ4n) is 1.94. The molecule has 0 bridgehead atoms. The van der Waals surface area contributed by atoms with E-state index < -0.39 is 11.9 Å². The minimum atomic E-state index is -0.808. The Labute approximate surface area is 102 Å². The molecule has 5 heteroatoms. The number of aromatic amines is 1. The first-order valence-electron chi connectivity index (χ1n) is 5.46. The maximum absolute atomic E-state index is 13.5. The van der Waals surface area contributed by atoms with Gasteiger partial charge in [0.2, 0.25) is 11.9 Å². The van der Waals surface area contributed by atoms with Crippen LogP contribution in [-0.2, 0) is 6.42 Å². The highest BCUT2D eigenvalue weighted by molar-refractivity contribution is 5.79. The second-order valence-corrected chi connectivity index (χ2v) is 3.97. The van der Waals surface area contributed by atoms with Crippen LogP contribution in [0.2, 0.25) is 0 Å². The lowest BCUT2D eigenvalue weighted by Crippen LogP contribution is -1.97. The Morgan fingerprint density at radius 1 is 1.11 bits per heavy atom. The van der Waals surface area contributed by atoms with Crippen LogP contribution in [0.25, 0.3) is 11.0 Å². The number of rotatable bonds is 2. The van der Waals surface area contributed by atoms with Crippen molar-refractivity contribution in [2.45, 2.75) is 6.42 Å². The summed E-state index contributed by atoms with van der Waals surface area (Å²) >= 11 is 0. The summed E-state index contributed by atoms with van der Waals surface area (Å²) in [6.45, 7) is 0. The van der Waals surface area contributed by atoms with Gasteiger partial charge < -0.3 is 4.98 Å². The summed E-state index contributed by atoms with van der Waals surface area (Å²) in [5.41, 5.74) is 2.02. The molecular formula is C13H9F2N3. The number of H-pyrrole nitrogens is 1. The van der Waals surface area contributed by atoms with Crippen molar-refractivity contribution in [2.24, 2.45) is 0 Å². The second-order valence-electron chi connectivity index (χ2n) is 3.97. The van der Waals surface area contributed by atoms with E-state index in [-0.39, 0.29) is 0 Å². The molecule has 0 amide bonds. The molecule has 0 unspecified atom stereocenters. The zero-order valence-electron chi connectivity index (χ0n) is 9.32. The van der Waals surface area contributed by atoms with E-state index in [1.165, 1.54) is 6.07 Å². The standard InChI is InChI=1S/C13H9F2N3/c14-11-4-3-8(12(15)18-11)6-9-7-17-13-10(9)2-1-5-16-13/h1-5,7H,6H2,(H,16,17). The van der Waals surface area contributed by atoms with Crippen molar-refractivity contribution >= 4 is 11.0 Å². The molecule has 0 fully saturated rings. The predicted molar refractivity (Wildman–Crippen MR) is 63.1 cm³/mol. The van der Waals surface area contributed by atoms with E-state index in [1.54, 1.807) is 12.4 Å². The number of hydrogen-bond donors (Lipinski definition) is 1. The van der Waals surface area contributed by atoms with Crippen molar-refractivity contribution in [3.8, 4) is 0 Å². The zero-order valence-corrected chi connectivity index (χ0v) is 9.32. The summed E-state index contributed by atoms with van der Waals surface area (Å²) < 4.78 is 26.2. The number of halogens is 2. The molecule has 3 aromatic rings. The largest absolute Gasteiger partial charge is 0.346 e. The Bertz CT molecular complexity index is 706. The molecule has 0 saturated heterocycles. The van der Waals surface area contributed by atoms with Crippen LogP contribution in [0.3, 0.4) is 0 Å². The van der Waals surface area contributed by atoms with E-state index in [4.69, 9.17) is 0 Å². The van der Waals surface area contributed by atoms with Crippen molar-refractivity contribution in [3.63, 3.8) is 0 Å². The quantitative estimate of drug-likeness (QED) is 0.705. The van der Waals surface area contributed by atoms with Gasteiger partial charge in [-0.05, 0) is 29.8 Å². The third-order valence-electron chi connectivity index (χ3n) is 2.81. The van der Waals surface area contributed by atoms with Gasteiger partial charge in [-0.2, -0.15) is 13.8 Å². The van der Waals surface area contributed by atoms with E-state index in [1.807, 2.05) is 12.1 Å². The van der Waals surface area contributed by atoms with Gasteiger partial charge >= 0.3 is 0 Å². The fourth-order valence-corrected chi connectivity index (χ4v) is 1.94. The summed E-state index contributed by atoms with van der Waals surface area (Å²) in [7, 11) is 0. The van der Waals surface area contributed by atoms with Gasteiger partial charge in [0.15, 0.2) is 0 Å². The van der Waals surface area contributed by atoms with E-state index in [2.05, 4.69) is 15.0 Å². The monoisotopic (exact) mass is 245 g/mol. The smallest absolute Gasteiger partial charge is 0.219 e. The molecular weight excluding hydrogens is 236 g/mol. The van der Waals surface area contributed by atoms with Crippen LogP contribution in [0.15, 0.2) is 36.7 Å². The number of aromatic nitrogens is 3. The van der Waals surface area contributed by atoms with E-state index in [0.29, 0.717) is 12.0 Å². The maximum atomic E-state index is 13.5. The van der Waals surface area contributed by atoms with Gasteiger partial charge in [-0.25, -0.2) is 4.98 Å². The molecule has 0 aliphatic carbocycles. The van der Waals surface area contributed by atoms with Crippen LogP contribution in [0.4, 0.5) is 8.78 Å².